The smallest absolute Gasteiger partial charge is 0.254 e. The van der Waals surface area contributed by atoms with Crippen molar-refractivity contribution in [1.29, 1.82) is 5.26 Å². The van der Waals surface area contributed by atoms with Crippen LogP contribution in [0.5, 0.6) is 0 Å². The lowest BCUT2D eigenvalue weighted by molar-refractivity contribution is 0.0785. The lowest BCUT2D eigenvalue weighted by Gasteiger charge is -2.33. The molecule has 3 heterocycles. The molecule has 1 fully saturated rings. The van der Waals surface area contributed by atoms with Gasteiger partial charge in [-0.1, -0.05) is 0 Å². The van der Waals surface area contributed by atoms with Crippen LogP contribution in [0.3, 0.4) is 0 Å². The quantitative estimate of drug-likeness (QED) is 0.272. The number of carbonyl (C=O) groups excluding carboxylic acids is 1. The number of thiophene rings is 1. The van der Waals surface area contributed by atoms with E-state index in [1.165, 1.54) is 4.88 Å². The number of guanidine groups is 1. The van der Waals surface area contributed by atoms with Gasteiger partial charge >= 0.3 is 0 Å². The second kappa shape index (κ2) is 11.8. The van der Waals surface area contributed by atoms with E-state index in [0.29, 0.717) is 29.5 Å². The molecule has 3 rings (SSSR count). The summed E-state index contributed by atoms with van der Waals surface area (Å²) in [5.74, 6) is 1.27. The topological polar surface area (TPSA) is 105 Å². The van der Waals surface area contributed by atoms with Gasteiger partial charge in [0.15, 0.2) is 6.19 Å². The number of hydrogen-bond acceptors (Lipinski definition) is 5. The molecular weight excluding hydrogens is 448 g/mol. The van der Waals surface area contributed by atoms with Gasteiger partial charge in [0.25, 0.3) is 11.5 Å². The molecule has 9 heteroatoms. The normalized spacial score (nSPS) is 14.7. The van der Waals surface area contributed by atoms with E-state index in [9.17, 15) is 9.59 Å². The van der Waals surface area contributed by atoms with E-state index >= 15 is 0 Å². The summed E-state index contributed by atoms with van der Waals surface area (Å²) >= 11 is 1.63. The number of piperidine rings is 1. The van der Waals surface area contributed by atoms with E-state index in [0.717, 1.165) is 56.5 Å². The van der Waals surface area contributed by atoms with Crippen LogP contribution in [0.2, 0.25) is 0 Å². The molecule has 1 aliphatic heterocycles. The minimum atomic E-state index is -0.131. The van der Waals surface area contributed by atoms with Crippen molar-refractivity contribution in [3.63, 3.8) is 0 Å². The molecule has 0 atom stereocenters. The number of carbonyl (C=O) groups is 1. The number of rotatable bonds is 7. The Balaban J connectivity index is 1.46. The Bertz CT molecular complexity index is 1120. The Kier molecular flexibility index (Phi) is 8.88. The van der Waals surface area contributed by atoms with E-state index in [-0.39, 0.29) is 11.5 Å². The number of aromatic amines is 1. The van der Waals surface area contributed by atoms with Gasteiger partial charge in [-0.15, -0.1) is 11.3 Å². The number of nitriles is 1. The van der Waals surface area contributed by atoms with Crippen molar-refractivity contribution in [3.05, 3.63) is 55.1 Å². The molecule has 0 aromatic carbocycles. The molecule has 0 radical (unpaired) electrons. The highest BCUT2D eigenvalue weighted by atomic mass is 32.1. The van der Waals surface area contributed by atoms with E-state index in [2.05, 4.69) is 20.2 Å². The summed E-state index contributed by atoms with van der Waals surface area (Å²) in [5, 5.41) is 13.4. The maximum Gasteiger partial charge on any atom is 0.254 e. The van der Waals surface area contributed by atoms with Gasteiger partial charge in [-0.25, -0.2) is 0 Å². The molecule has 2 aromatic rings. The number of hydrogen-bond donors (Lipinski definition) is 2. The summed E-state index contributed by atoms with van der Waals surface area (Å²) < 4.78 is 0. The van der Waals surface area contributed by atoms with E-state index in [1.807, 2.05) is 37.6 Å². The van der Waals surface area contributed by atoms with E-state index in [4.69, 9.17) is 5.26 Å². The number of nitrogens with zero attached hydrogens (tertiary/aromatic N) is 4. The zero-order chi connectivity index (χ0) is 24.7. The van der Waals surface area contributed by atoms with Crippen molar-refractivity contribution in [1.82, 2.24) is 20.1 Å². The first kappa shape index (κ1) is 25.5. The number of nitrogens with one attached hydrogen (secondary N) is 2. The fourth-order valence-electron chi connectivity index (χ4n) is 4.56. The van der Waals surface area contributed by atoms with Crippen LogP contribution in [0.4, 0.5) is 0 Å². The Morgan fingerprint density at radius 1 is 1.35 bits per heavy atom. The number of H-pyrrole nitrogens is 1. The largest absolute Gasteiger partial charge is 0.342 e. The Labute approximate surface area is 205 Å². The fraction of sp³-hybridized carbons (Fsp3) is 0.520. The molecule has 0 aliphatic carbocycles. The second-order valence-corrected chi connectivity index (χ2v) is 10.0. The van der Waals surface area contributed by atoms with Crippen molar-refractivity contribution in [2.24, 2.45) is 10.9 Å². The van der Waals surface area contributed by atoms with Crippen molar-refractivity contribution < 1.29 is 4.79 Å². The molecule has 1 aliphatic rings. The minimum Gasteiger partial charge on any atom is -0.342 e. The molecule has 1 amide bonds. The summed E-state index contributed by atoms with van der Waals surface area (Å²) in [6.45, 7) is 5.88. The summed E-state index contributed by atoms with van der Waals surface area (Å²) in [7, 11) is 3.44. The van der Waals surface area contributed by atoms with Crippen LogP contribution in [-0.4, -0.2) is 53.8 Å². The average molecular weight is 483 g/mol. The number of aryl methyl sites for hydroxylation is 3. The number of aliphatic imine (C=N–C) groups is 1. The Morgan fingerprint density at radius 2 is 2.09 bits per heavy atom. The van der Waals surface area contributed by atoms with E-state index < -0.39 is 0 Å². The van der Waals surface area contributed by atoms with E-state index in [1.54, 1.807) is 30.3 Å². The Hall–Kier alpha value is -3.12. The molecule has 2 N–H and O–H groups in total. The number of aromatic nitrogens is 1. The SMILES string of the molecule is CN=C(NC#N)N1CCC(CCCc2cc(C(=O)N(C)Cc3c(C)cc(C)[nH]c3=O)cs2)CC1. The second-order valence-electron chi connectivity index (χ2n) is 9.01. The monoisotopic (exact) mass is 482 g/mol. The summed E-state index contributed by atoms with van der Waals surface area (Å²) in [5.41, 5.74) is 2.91. The first-order chi connectivity index (χ1) is 16.3. The molecule has 1 saturated heterocycles. The highest BCUT2D eigenvalue weighted by molar-refractivity contribution is 7.10. The highest BCUT2D eigenvalue weighted by Crippen LogP contribution is 2.25. The van der Waals surface area contributed by atoms with Crippen molar-refractivity contribution in [3.8, 4) is 6.19 Å². The molecule has 0 unspecified atom stereocenters. The fourth-order valence-corrected chi connectivity index (χ4v) is 5.46. The number of likely N-dealkylation sites (tertiary alicyclic amines) is 1. The third-order valence-electron chi connectivity index (χ3n) is 6.47. The summed E-state index contributed by atoms with van der Waals surface area (Å²) in [6, 6.07) is 3.93. The predicted octanol–water partition coefficient (Wildman–Crippen LogP) is 3.42. The van der Waals surface area contributed by atoms with Crippen LogP contribution in [0.15, 0.2) is 27.3 Å². The lowest BCUT2D eigenvalue weighted by Crippen LogP contribution is -2.44. The van der Waals surface area contributed by atoms with Gasteiger partial charge in [0, 0.05) is 48.7 Å². The van der Waals surface area contributed by atoms with Crippen LogP contribution in [0.1, 0.15) is 57.7 Å². The predicted molar refractivity (Wildman–Crippen MR) is 136 cm³/mol. The lowest BCUT2D eigenvalue weighted by atomic mass is 9.91. The molecule has 0 spiro atoms. The van der Waals surface area contributed by atoms with Gasteiger partial charge in [-0.2, -0.15) is 5.26 Å². The average Bonchev–Trinajstić information content (AvgIpc) is 3.28. The first-order valence-corrected chi connectivity index (χ1v) is 12.6. The summed E-state index contributed by atoms with van der Waals surface area (Å²) in [6.07, 6.45) is 7.38. The van der Waals surface area contributed by atoms with Crippen LogP contribution in [0.25, 0.3) is 0 Å². The maximum absolute atomic E-state index is 12.9. The highest BCUT2D eigenvalue weighted by Gasteiger charge is 2.21. The molecule has 2 aromatic heterocycles. The first-order valence-electron chi connectivity index (χ1n) is 11.7. The summed E-state index contributed by atoms with van der Waals surface area (Å²) in [4.78, 5) is 37.1. The molecule has 34 heavy (non-hydrogen) atoms. The molecular formula is C25H34N6O2S. The van der Waals surface area contributed by atoms with Crippen molar-refractivity contribution in [2.45, 2.75) is 52.5 Å². The van der Waals surface area contributed by atoms with Crippen LogP contribution >= 0.6 is 11.3 Å². The zero-order valence-corrected chi connectivity index (χ0v) is 21.3. The Morgan fingerprint density at radius 3 is 2.74 bits per heavy atom. The zero-order valence-electron chi connectivity index (χ0n) is 20.5. The van der Waals surface area contributed by atoms with Gasteiger partial charge in [0.2, 0.25) is 5.96 Å². The number of pyridine rings is 1. The van der Waals surface area contributed by atoms with Gasteiger partial charge in [-0.3, -0.25) is 19.9 Å². The third kappa shape index (κ3) is 6.48. The molecule has 0 bridgehead atoms. The maximum atomic E-state index is 12.9. The minimum absolute atomic E-state index is 0.0615. The van der Waals surface area contributed by atoms with Crippen LogP contribution in [-0.2, 0) is 13.0 Å². The molecule has 8 nitrogen and oxygen atoms in total. The van der Waals surface area contributed by atoms with Crippen molar-refractivity contribution >= 4 is 23.2 Å². The van der Waals surface area contributed by atoms with Gasteiger partial charge in [-0.05, 0) is 69.6 Å². The third-order valence-corrected chi connectivity index (χ3v) is 7.46. The van der Waals surface area contributed by atoms with Crippen LogP contribution in [0, 0.1) is 31.2 Å². The van der Waals surface area contributed by atoms with Crippen molar-refractivity contribution in [2.75, 3.05) is 27.2 Å². The van der Waals surface area contributed by atoms with Gasteiger partial charge in [0.1, 0.15) is 0 Å². The standard InChI is InChI=1S/C25H34N6O2S/c1-17-12-18(2)29-23(32)22(17)14-30(4)24(33)20-13-21(34-15-20)7-5-6-19-8-10-31(11-9-19)25(27-3)28-16-26/h12-13,15,19H,5-11,14H2,1-4H3,(H,27,28)(H,29,32). The van der Waals surface area contributed by atoms with Crippen LogP contribution < -0.4 is 10.9 Å². The van der Waals surface area contributed by atoms with Gasteiger partial charge in [0.05, 0.1) is 12.1 Å². The number of amides is 1. The molecule has 182 valence electrons. The van der Waals surface area contributed by atoms with Gasteiger partial charge < -0.3 is 14.8 Å². The molecule has 0 saturated carbocycles.